The fourth-order valence-electron chi connectivity index (χ4n) is 3.71. The molecule has 0 aromatic carbocycles. The summed E-state index contributed by atoms with van der Waals surface area (Å²) in [6, 6.07) is 0.980. The van der Waals surface area contributed by atoms with Crippen molar-refractivity contribution in [1.82, 2.24) is 10.2 Å². The second-order valence-electron chi connectivity index (χ2n) is 5.68. The maximum absolute atomic E-state index is 12.5. The molecule has 102 valence electrons. The van der Waals surface area contributed by atoms with Crippen LogP contribution < -0.4 is 5.32 Å². The van der Waals surface area contributed by atoms with E-state index in [1.165, 1.54) is 6.42 Å². The molecule has 0 aromatic heterocycles. The molecule has 3 aliphatic heterocycles. The Labute approximate surface area is 108 Å². The minimum Gasteiger partial charge on any atom is -0.377 e. The summed E-state index contributed by atoms with van der Waals surface area (Å²) in [4.78, 5) is 14.5. The number of hydrogen-bond acceptors (Lipinski definition) is 4. The fraction of sp³-hybridized carbons (Fsp3) is 0.923. The molecule has 5 unspecified atom stereocenters. The molecule has 3 aliphatic rings. The second kappa shape index (κ2) is 4.79. The van der Waals surface area contributed by atoms with Crippen LogP contribution in [0.1, 0.15) is 19.3 Å². The van der Waals surface area contributed by atoms with Crippen molar-refractivity contribution in [2.45, 2.75) is 43.6 Å². The maximum atomic E-state index is 12.5. The monoisotopic (exact) mass is 254 g/mol. The van der Waals surface area contributed by atoms with Crippen LogP contribution in [0.15, 0.2) is 0 Å². The van der Waals surface area contributed by atoms with Crippen LogP contribution >= 0.6 is 0 Å². The van der Waals surface area contributed by atoms with Gasteiger partial charge in [0.25, 0.3) is 0 Å². The minimum absolute atomic E-state index is 0.0190. The number of likely N-dealkylation sites (tertiary alicyclic amines) is 1. The van der Waals surface area contributed by atoms with Crippen LogP contribution in [0, 0.1) is 5.92 Å². The van der Waals surface area contributed by atoms with Gasteiger partial charge >= 0.3 is 0 Å². The Morgan fingerprint density at radius 2 is 1.83 bits per heavy atom. The molecule has 18 heavy (non-hydrogen) atoms. The number of ether oxygens (including phenoxy) is 2. The Bertz CT molecular complexity index is 324. The number of hydrogen-bond donors (Lipinski definition) is 1. The summed E-state index contributed by atoms with van der Waals surface area (Å²) in [5.74, 6) is 0.466. The van der Waals surface area contributed by atoms with Crippen molar-refractivity contribution in [3.63, 3.8) is 0 Å². The van der Waals surface area contributed by atoms with Gasteiger partial charge in [0.05, 0.1) is 5.92 Å². The van der Waals surface area contributed by atoms with E-state index in [9.17, 15) is 4.79 Å². The molecule has 0 saturated carbocycles. The summed E-state index contributed by atoms with van der Waals surface area (Å²) < 4.78 is 10.8. The van der Waals surface area contributed by atoms with Gasteiger partial charge in [-0.1, -0.05) is 0 Å². The number of rotatable bonds is 3. The van der Waals surface area contributed by atoms with Crippen molar-refractivity contribution >= 4 is 5.91 Å². The number of amides is 1. The zero-order valence-electron chi connectivity index (χ0n) is 11.1. The lowest BCUT2D eigenvalue weighted by atomic mass is 9.88. The van der Waals surface area contributed by atoms with Crippen molar-refractivity contribution in [2.75, 3.05) is 27.3 Å². The third-order valence-electron chi connectivity index (χ3n) is 4.75. The molecular weight excluding hydrogens is 232 g/mol. The second-order valence-corrected chi connectivity index (χ2v) is 5.68. The van der Waals surface area contributed by atoms with Crippen LogP contribution in [0.2, 0.25) is 0 Å². The van der Waals surface area contributed by atoms with Crippen molar-refractivity contribution in [3.05, 3.63) is 0 Å². The van der Waals surface area contributed by atoms with Crippen LogP contribution in [0.4, 0.5) is 0 Å². The van der Waals surface area contributed by atoms with Gasteiger partial charge in [-0.05, 0) is 19.3 Å². The molecule has 0 spiro atoms. The molecule has 1 amide bonds. The molecule has 0 aliphatic carbocycles. The first-order valence-corrected chi connectivity index (χ1v) is 6.83. The quantitative estimate of drug-likeness (QED) is 0.770. The van der Waals surface area contributed by atoms with Crippen LogP contribution in [0.3, 0.4) is 0 Å². The van der Waals surface area contributed by atoms with E-state index in [0.29, 0.717) is 25.2 Å². The average molecular weight is 254 g/mol. The molecular formula is C13H22N2O3. The first-order valence-electron chi connectivity index (χ1n) is 6.83. The van der Waals surface area contributed by atoms with Crippen LogP contribution in [-0.2, 0) is 14.3 Å². The van der Waals surface area contributed by atoms with Crippen LogP contribution in [-0.4, -0.2) is 62.4 Å². The number of nitrogens with one attached hydrogen (secondary N) is 1. The van der Waals surface area contributed by atoms with E-state index in [1.807, 2.05) is 4.90 Å². The Morgan fingerprint density at radius 3 is 2.28 bits per heavy atom. The third kappa shape index (κ3) is 1.94. The van der Waals surface area contributed by atoms with Gasteiger partial charge in [0.15, 0.2) is 0 Å². The van der Waals surface area contributed by atoms with Gasteiger partial charge in [-0.3, -0.25) is 4.79 Å². The van der Waals surface area contributed by atoms with Gasteiger partial charge in [0.2, 0.25) is 5.91 Å². The van der Waals surface area contributed by atoms with E-state index in [4.69, 9.17) is 9.47 Å². The fourth-order valence-corrected chi connectivity index (χ4v) is 3.71. The van der Waals surface area contributed by atoms with Crippen LogP contribution in [0.25, 0.3) is 0 Å². The Balaban J connectivity index is 1.63. The first kappa shape index (κ1) is 12.4. The normalized spacial score (nSPS) is 42.8. The molecule has 5 nitrogen and oxygen atoms in total. The summed E-state index contributed by atoms with van der Waals surface area (Å²) in [6.45, 7) is 1.34. The average Bonchev–Trinajstić information content (AvgIpc) is 3.11. The lowest BCUT2D eigenvalue weighted by Gasteiger charge is -2.25. The van der Waals surface area contributed by atoms with Crippen molar-refractivity contribution in [1.29, 1.82) is 0 Å². The molecule has 3 heterocycles. The number of carbonyl (C=O) groups is 1. The molecule has 1 N–H and O–H groups in total. The van der Waals surface area contributed by atoms with E-state index in [-0.39, 0.29) is 24.0 Å². The summed E-state index contributed by atoms with van der Waals surface area (Å²) in [7, 11) is 3.37. The molecule has 5 heteroatoms. The van der Waals surface area contributed by atoms with Gasteiger partial charge in [-0.2, -0.15) is 0 Å². The zero-order chi connectivity index (χ0) is 12.7. The van der Waals surface area contributed by atoms with Gasteiger partial charge in [0, 0.05) is 39.4 Å². The Kier molecular flexibility index (Phi) is 3.30. The largest absolute Gasteiger partial charge is 0.377 e. The third-order valence-corrected chi connectivity index (χ3v) is 4.75. The van der Waals surface area contributed by atoms with E-state index >= 15 is 0 Å². The Morgan fingerprint density at radius 1 is 1.17 bits per heavy atom. The van der Waals surface area contributed by atoms with Gasteiger partial charge in [-0.15, -0.1) is 0 Å². The number of nitrogens with zero attached hydrogens (tertiary/aromatic N) is 1. The van der Waals surface area contributed by atoms with Crippen molar-refractivity contribution in [2.24, 2.45) is 5.92 Å². The van der Waals surface area contributed by atoms with E-state index < -0.39 is 0 Å². The molecule has 0 radical (unpaired) electrons. The Hall–Kier alpha value is -0.650. The molecule has 3 fully saturated rings. The minimum atomic E-state index is 0.0190. The standard InChI is InChI=1S/C13H22N2O3/c1-17-11-6-15(7-12(11)18-2)13(16)9-5-8-3-4-10(9)14-8/h8-12,14H,3-7H2,1-2H3. The summed E-state index contributed by atoms with van der Waals surface area (Å²) in [5, 5.41) is 3.52. The highest BCUT2D eigenvalue weighted by atomic mass is 16.5. The number of carbonyl (C=O) groups excluding carboxylic acids is 1. The highest BCUT2D eigenvalue weighted by Gasteiger charge is 2.46. The van der Waals surface area contributed by atoms with Crippen molar-refractivity contribution < 1.29 is 14.3 Å². The van der Waals surface area contributed by atoms with Crippen LogP contribution in [0.5, 0.6) is 0 Å². The van der Waals surface area contributed by atoms with Gasteiger partial charge in [0.1, 0.15) is 12.2 Å². The summed E-state index contributed by atoms with van der Waals surface area (Å²) in [5.41, 5.74) is 0. The van der Waals surface area contributed by atoms with E-state index in [1.54, 1.807) is 14.2 Å². The number of methoxy groups -OCH3 is 2. The summed E-state index contributed by atoms with van der Waals surface area (Å²) >= 11 is 0. The lowest BCUT2D eigenvalue weighted by Crippen LogP contribution is -2.40. The maximum Gasteiger partial charge on any atom is 0.227 e. The topological polar surface area (TPSA) is 50.8 Å². The smallest absolute Gasteiger partial charge is 0.227 e. The molecule has 0 aromatic rings. The summed E-state index contributed by atoms with van der Waals surface area (Å²) in [6.07, 6.45) is 3.43. The predicted octanol–water partition coefficient (Wildman–Crippen LogP) is -0.000900. The van der Waals surface area contributed by atoms with Gasteiger partial charge < -0.3 is 19.7 Å². The molecule has 5 atom stereocenters. The van der Waals surface area contributed by atoms with E-state index in [0.717, 1.165) is 12.8 Å². The molecule has 3 saturated heterocycles. The predicted molar refractivity (Wildman–Crippen MR) is 66.2 cm³/mol. The van der Waals surface area contributed by atoms with E-state index in [2.05, 4.69) is 5.32 Å². The van der Waals surface area contributed by atoms with Gasteiger partial charge in [-0.25, -0.2) is 0 Å². The number of fused-ring (bicyclic) bond motifs is 2. The molecule has 3 rings (SSSR count). The zero-order valence-corrected chi connectivity index (χ0v) is 11.1. The molecule has 2 bridgehead atoms. The highest BCUT2D eigenvalue weighted by Crippen LogP contribution is 2.35. The SMILES string of the molecule is COC1CN(C(=O)C2CC3CCC2N3)CC1OC. The lowest BCUT2D eigenvalue weighted by molar-refractivity contribution is -0.135. The van der Waals surface area contributed by atoms with Crippen molar-refractivity contribution in [3.8, 4) is 0 Å². The first-order chi connectivity index (χ1) is 8.72. The highest BCUT2D eigenvalue weighted by molar-refractivity contribution is 5.80.